The van der Waals surface area contributed by atoms with Crippen molar-refractivity contribution in [3.8, 4) is 0 Å². The van der Waals surface area contributed by atoms with Crippen LogP contribution in [0, 0.1) is 0 Å². The van der Waals surface area contributed by atoms with E-state index in [0.29, 0.717) is 12.1 Å². The molecule has 0 saturated carbocycles. The average Bonchev–Trinajstić information content (AvgIpc) is 2.37. The summed E-state index contributed by atoms with van der Waals surface area (Å²) in [6.45, 7) is 0.525. The maximum atomic E-state index is 12.2. The van der Waals surface area contributed by atoms with Crippen molar-refractivity contribution in [3.05, 3.63) is 63.9 Å². The van der Waals surface area contributed by atoms with Crippen LogP contribution in [0.3, 0.4) is 0 Å². The number of rotatable bonds is 3. The Bertz CT molecular complexity index is 567. The van der Waals surface area contributed by atoms with Gasteiger partial charge in [-0.25, -0.2) is 4.98 Å². The van der Waals surface area contributed by atoms with Crippen molar-refractivity contribution < 1.29 is 4.79 Å². The van der Waals surface area contributed by atoms with E-state index in [1.165, 1.54) is 12.1 Å². The number of benzene rings is 1. The molecule has 0 N–H and O–H groups in total. The molecular weight excluding hydrogens is 283 g/mol. The Kier molecular flexibility index (Phi) is 4.40. The Morgan fingerprint density at radius 2 is 1.74 bits per heavy atom. The predicted octanol–water partition coefficient (Wildman–Crippen LogP) is 3.66. The molecule has 1 aromatic carbocycles. The Balaban J connectivity index is 2.15. The molecule has 0 aliphatic heterocycles. The summed E-state index contributed by atoms with van der Waals surface area (Å²) in [4.78, 5) is 17.7. The van der Waals surface area contributed by atoms with Crippen LogP contribution in [-0.2, 0) is 6.54 Å². The summed E-state index contributed by atoms with van der Waals surface area (Å²) < 4.78 is 0. The van der Waals surface area contributed by atoms with Crippen molar-refractivity contribution in [2.75, 3.05) is 7.05 Å². The molecule has 0 radical (unpaired) electrons. The van der Waals surface area contributed by atoms with Gasteiger partial charge in [0.1, 0.15) is 10.3 Å². The third-order valence-electron chi connectivity index (χ3n) is 2.62. The first-order valence-corrected chi connectivity index (χ1v) is 6.44. The van der Waals surface area contributed by atoms with Crippen LogP contribution in [-0.4, -0.2) is 22.8 Å². The Labute approximate surface area is 121 Å². The molecule has 0 fully saturated rings. The third-order valence-corrected chi connectivity index (χ3v) is 3.01. The molecule has 0 spiro atoms. The predicted molar refractivity (Wildman–Crippen MR) is 76.5 cm³/mol. The Hall–Kier alpha value is -1.58. The number of halogens is 2. The zero-order valence-corrected chi connectivity index (χ0v) is 11.8. The summed E-state index contributed by atoms with van der Waals surface area (Å²) in [5.41, 5.74) is 1.49. The molecule has 0 aliphatic carbocycles. The van der Waals surface area contributed by atoms with E-state index in [-0.39, 0.29) is 16.2 Å². The number of aromatic nitrogens is 1. The fraction of sp³-hybridized carbons (Fsp3) is 0.143. The number of hydrogen-bond acceptors (Lipinski definition) is 2. The van der Waals surface area contributed by atoms with Gasteiger partial charge in [0.05, 0.1) is 0 Å². The van der Waals surface area contributed by atoms with Crippen LogP contribution >= 0.6 is 23.2 Å². The molecule has 1 aromatic heterocycles. The fourth-order valence-corrected chi connectivity index (χ4v) is 2.20. The number of carbonyl (C=O) groups is 1. The zero-order chi connectivity index (χ0) is 13.8. The number of pyridine rings is 1. The number of hydrogen-bond donors (Lipinski definition) is 0. The average molecular weight is 295 g/mol. The molecule has 19 heavy (non-hydrogen) atoms. The van der Waals surface area contributed by atoms with E-state index in [0.717, 1.165) is 5.56 Å². The highest BCUT2D eigenvalue weighted by Gasteiger charge is 2.13. The lowest BCUT2D eigenvalue weighted by Crippen LogP contribution is -2.26. The van der Waals surface area contributed by atoms with E-state index in [2.05, 4.69) is 4.98 Å². The van der Waals surface area contributed by atoms with Crippen molar-refractivity contribution >= 4 is 29.1 Å². The molecule has 2 aromatic rings. The molecular formula is C14H12Cl2N2O. The fourth-order valence-electron chi connectivity index (χ4n) is 1.74. The van der Waals surface area contributed by atoms with Crippen LogP contribution in [0.5, 0.6) is 0 Å². The smallest absolute Gasteiger partial charge is 0.254 e. The number of carbonyl (C=O) groups excluding carboxylic acids is 1. The molecule has 0 atom stereocenters. The quantitative estimate of drug-likeness (QED) is 0.810. The standard InChI is InChI=1S/C14H12Cl2N2O/c1-18(9-10-5-3-2-4-6-10)14(19)11-7-12(15)17-13(16)8-11/h2-8H,9H2,1H3. The summed E-state index contributed by atoms with van der Waals surface area (Å²) in [6, 6.07) is 12.8. The van der Waals surface area contributed by atoms with E-state index in [9.17, 15) is 4.79 Å². The molecule has 1 amide bonds. The second kappa shape index (κ2) is 6.04. The SMILES string of the molecule is CN(Cc1ccccc1)C(=O)c1cc(Cl)nc(Cl)c1. The van der Waals surface area contributed by atoms with Crippen molar-refractivity contribution in [1.82, 2.24) is 9.88 Å². The largest absolute Gasteiger partial charge is 0.337 e. The second-order valence-corrected chi connectivity index (χ2v) is 4.92. The van der Waals surface area contributed by atoms with Gasteiger partial charge in [0.15, 0.2) is 0 Å². The Morgan fingerprint density at radius 3 is 2.32 bits per heavy atom. The first-order valence-electron chi connectivity index (χ1n) is 5.69. The number of amides is 1. The van der Waals surface area contributed by atoms with Gasteiger partial charge < -0.3 is 4.90 Å². The lowest BCUT2D eigenvalue weighted by Gasteiger charge is -2.17. The summed E-state index contributed by atoms with van der Waals surface area (Å²) >= 11 is 11.6. The summed E-state index contributed by atoms with van der Waals surface area (Å²) in [7, 11) is 1.73. The molecule has 0 unspecified atom stereocenters. The number of nitrogens with zero attached hydrogens (tertiary/aromatic N) is 2. The summed E-state index contributed by atoms with van der Waals surface area (Å²) in [6.07, 6.45) is 0. The second-order valence-electron chi connectivity index (χ2n) is 4.15. The molecule has 5 heteroatoms. The van der Waals surface area contributed by atoms with E-state index in [4.69, 9.17) is 23.2 Å². The van der Waals surface area contributed by atoms with Gasteiger partial charge in [-0.1, -0.05) is 53.5 Å². The lowest BCUT2D eigenvalue weighted by atomic mass is 10.2. The first kappa shape index (κ1) is 13.8. The van der Waals surface area contributed by atoms with Crippen LogP contribution in [0.4, 0.5) is 0 Å². The van der Waals surface area contributed by atoms with E-state index in [1.807, 2.05) is 30.3 Å². The van der Waals surface area contributed by atoms with Crippen LogP contribution in [0.1, 0.15) is 15.9 Å². The van der Waals surface area contributed by atoms with E-state index in [1.54, 1.807) is 11.9 Å². The van der Waals surface area contributed by atoms with Crippen molar-refractivity contribution in [2.24, 2.45) is 0 Å². The van der Waals surface area contributed by atoms with Crippen molar-refractivity contribution in [1.29, 1.82) is 0 Å². The topological polar surface area (TPSA) is 33.2 Å². The highest BCUT2D eigenvalue weighted by atomic mass is 35.5. The molecule has 1 heterocycles. The molecule has 98 valence electrons. The lowest BCUT2D eigenvalue weighted by molar-refractivity contribution is 0.0785. The molecule has 2 rings (SSSR count). The highest BCUT2D eigenvalue weighted by Crippen LogP contribution is 2.16. The first-order chi connectivity index (χ1) is 9.06. The summed E-state index contributed by atoms with van der Waals surface area (Å²) in [5.74, 6) is -0.143. The van der Waals surface area contributed by atoms with Crippen LogP contribution in [0.2, 0.25) is 10.3 Å². The monoisotopic (exact) mass is 294 g/mol. The van der Waals surface area contributed by atoms with Gasteiger partial charge in [-0.15, -0.1) is 0 Å². The minimum atomic E-state index is -0.143. The molecule has 3 nitrogen and oxygen atoms in total. The van der Waals surface area contributed by atoms with Gasteiger partial charge >= 0.3 is 0 Å². The van der Waals surface area contributed by atoms with Gasteiger partial charge in [-0.2, -0.15) is 0 Å². The van der Waals surface area contributed by atoms with Crippen molar-refractivity contribution in [2.45, 2.75) is 6.54 Å². The maximum absolute atomic E-state index is 12.2. The van der Waals surface area contributed by atoms with E-state index < -0.39 is 0 Å². The van der Waals surface area contributed by atoms with Crippen LogP contribution in [0.15, 0.2) is 42.5 Å². The van der Waals surface area contributed by atoms with Gasteiger partial charge in [0, 0.05) is 19.2 Å². The molecule has 0 aliphatic rings. The van der Waals surface area contributed by atoms with Gasteiger partial charge in [-0.05, 0) is 17.7 Å². The summed E-state index contributed by atoms with van der Waals surface area (Å²) in [5, 5.41) is 0.424. The van der Waals surface area contributed by atoms with Gasteiger partial charge in [0.2, 0.25) is 0 Å². The minimum absolute atomic E-state index is 0.143. The van der Waals surface area contributed by atoms with E-state index >= 15 is 0 Å². The molecule has 0 bridgehead atoms. The van der Waals surface area contributed by atoms with Gasteiger partial charge in [0.25, 0.3) is 5.91 Å². The van der Waals surface area contributed by atoms with Crippen LogP contribution < -0.4 is 0 Å². The highest BCUT2D eigenvalue weighted by molar-refractivity contribution is 6.33. The maximum Gasteiger partial charge on any atom is 0.254 e. The van der Waals surface area contributed by atoms with Crippen molar-refractivity contribution in [3.63, 3.8) is 0 Å². The molecule has 0 saturated heterocycles. The third kappa shape index (κ3) is 3.69. The Morgan fingerprint density at radius 1 is 1.16 bits per heavy atom. The normalized spacial score (nSPS) is 10.3. The van der Waals surface area contributed by atoms with Gasteiger partial charge in [-0.3, -0.25) is 4.79 Å². The zero-order valence-electron chi connectivity index (χ0n) is 10.3. The van der Waals surface area contributed by atoms with Crippen LogP contribution in [0.25, 0.3) is 0 Å². The minimum Gasteiger partial charge on any atom is -0.337 e.